The molecule has 2 heterocycles. The summed E-state index contributed by atoms with van der Waals surface area (Å²) in [6.45, 7) is 1.54. The molecule has 0 saturated heterocycles. The summed E-state index contributed by atoms with van der Waals surface area (Å²) >= 11 is 1.22. The molecule has 7 nitrogen and oxygen atoms in total. The zero-order valence-electron chi connectivity index (χ0n) is 16.5. The Hall–Kier alpha value is -3.43. The number of ketones is 1. The largest absolute Gasteiger partial charge is 0.360 e. The number of nitrogens with zero attached hydrogens (tertiary/aromatic N) is 1. The van der Waals surface area contributed by atoms with Crippen molar-refractivity contribution in [3.63, 3.8) is 0 Å². The number of benzene rings is 2. The predicted octanol–water partition coefficient (Wildman–Crippen LogP) is 4.19. The quantitative estimate of drug-likeness (QED) is 0.565. The fraction of sp³-hybridized carbons (Fsp3) is 0.0909. The molecule has 0 aliphatic carbocycles. The second kappa shape index (κ2) is 8.37. The van der Waals surface area contributed by atoms with Crippen LogP contribution in [0.15, 0.2) is 77.1 Å². The number of carbonyl (C=O) groups is 2. The van der Waals surface area contributed by atoms with Crippen LogP contribution in [0.25, 0.3) is 0 Å². The minimum atomic E-state index is -4.06. The number of nitrogens with one attached hydrogen (secondary N) is 2. The summed E-state index contributed by atoms with van der Waals surface area (Å²) in [5.41, 5.74) is 2.41. The number of thiophene rings is 1. The van der Waals surface area contributed by atoms with E-state index < -0.39 is 15.8 Å². The summed E-state index contributed by atoms with van der Waals surface area (Å²) < 4.78 is 27.9. The Morgan fingerprint density at radius 2 is 1.71 bits per heavy atom. The minimum absolute atomic E-state index is 0.128. The lowest BCUT2D eigenvalue weighted by atomic mass is 10.2. The molecule has 31 heavy (non-hydrogen) atoms. The number of allylic oxidation sites excluding steroid dienone is 1. The van der Waals surface area contributed by atoms with Crippen LogP contribution in [-0.2, 0) is 21.4 Å². The van der Waals surface area contributed by atoms with E-state index in [9.17, 15) is 18.0 Å². The SMILES string of the molecule is CC(=O)Nc1ccc(NC=C2C(=O)c3sccc3N(Cc3ccccc3)S2(=O)=O)cc1. The first-order valence-corrected chi connectivity index (χ1v) is 11.7. The highest BCUT2D eigenvalue weighted by Gasteiger charge is 2.41. The third-order valence-electron chi connectivity index (χ3n) is 4.66. The second-order valence-corrected chi connectivity index (χ2v) is 9.62. The van der Waals surface area contributed by atoms with E-state index in [-0.39, 0.29) is 17.4 Å². The van der Waals surface area contributed by atoms with Crippen molar-refractivity contribution in [1.29, 1.82) is 0 Å². The third kappa shape index (κ3) is 4.23. The number of hydrogen-bond acceptors (Lipinski definition) is 6. The van der Waals surface area contributed by atoms with Gasteiger partial charge in [-0.15, -0.1) is 11.3 Å². The first-order valence-electron chi connectivity index (χ1n) is 9.39. The molecule has 4 rings (SSSR count). The van der Waals surface area contributed by atoms with E-state index in [1.165, 1.54) is 28.8 Å². The van der Waals surface area contributed by atoms with Crippen molar-refractivity contribution < 1.29 is 18.0 Å². The van der Waals surface area contributed by atoms with Crippen LogP contribution in [0, 0.1) is 0 Å². The number of anilines is 3. The standard InChI is InChI=1S/C22H19N3O4S2/c1-15(26)24-18-9-7-17(8-10-18)23-13-20-21(27)22-19(11-12-30-22)25(31(20,28)29)14-16-5-3-2-4-6-16/h2-13,23H,14H2,1H3,(H,24,26). The van der Waals surface area contributed by atoms with Crippen molar-refractivity contribution >= 4 is 50.1 Å². The molecule has 3 aromatic rings. The van der Waals surface area contributed by atoms with Gasteiger partial charge in [-0.1, -0.05) is 30.3 Å². The average molecular weight is 454 g/mol. The number of amides is 1. The van der Waals surface area contributed by atoms with Crippen LogP contribution in [0.5, 0.6) is 0 Å². The van der Waals surface area contributed by atoms with E-state index in [2.05, 4.69) is 10.6 Å². The van der Waals surface area contributed by atoms with Crippen molar-refractivity contribution in [2.24, 2.45) is 0 Å². The molecule has 0 radical (unpaired) electrons. The molecule has 2 aromatic carbocycles. The van der Waals surface area contributed by atoms with Crippen LogP contribution in [0.1, 0.15) is 22.2 Å². The lowest BCUT2D eigenvalue weighted by molar-refractivity contribution is -0.114. The van der Waals surface area contributed by atoms with E-state index >= 15 is 0 Å². The monoisotopic (exact) mass is 453 g/mol. The molecule has 0 unspecified atom stereocenters. The van der Waals surface area contributed by atoms with Crippen molar-refractivity contribution in [2.45, 2.75) is 13.5 Å². The topological polar surface area (TPSA) is 95.6 Å². The first kappa shape index (κ1) is 20.8. The third-order valence-corrected chi connectivity index (χ3v) is 7.32. The predicted molar refractivity (Wildman–Crippen MR) is 123 cm³/mol. The van der Waals surface area contributed by atoms with Crippen molar-refractivity contribution in [1.82, 2.24) is 0 Å². The average Bonchev–Trinajstić information content (AvgIpc) is 3.22. The molecule has 1 aromatic heterocycles. The molecule has 9 heteroatoms. The van der Waals surface area contributed by atoms with Gasteiger partial charge in [0.1, 0.15) is 4.88 Å². The maximum atomic E-state index is 13.3. The van der Waals surface area contributed by atoms with Crippen LogP contribution in [0.4, 0.5) is 17.1 Å². The van der Waals surface area contributed by atoms with Gasteiger partial charge in [-0.05, 0) is 41.3 Å². The maximum Gasteiger partial charge on any atom is 0.270 e. The Kier molecular flexibility index (Phi) is 5.62. The maximum absolute atomic E-state index is 13.3. The Morgan fingerprint density at radius 3 is 2.39 bits per heavy atom. The molecular formula is C22H19N3O4S2. The zero-order valence-corrected chi connectivity index (χ0v) is 18.2. The van der Waals surface area contributed by atoms with Gasteiger partial charge in [0.05, 0.1) is 12.2 Å². The number of sulfonamides is 1. The van der Waals surface area contributed by atoms with Gasteiger partial charge < -0.3 is 10.6 Å². The van der Waals surface area contributed by atoms with Gasteiger partial charge in [-0.25, -0.2) is 8.42 Å². The summed E-state index contributed by atoms with van der Waals surface area (Å²) in [5, 5.41) is 7.26. The Morgan fingerprint density at radius 1 is 1.03 bits per heavy atom. The summed E-state index contributed by atoms with van der Waals surface area (Å²) in [6.07, 6.45) is 1.23. The molecule has 0 fully saturated rings. The van der Waals surface area contributed by atoms with Crippen LogP contribution >= 0.6 is 11.3 Å². The summed E-state index contributed by atoms with van der Waals surface area (Å²) in [6, 6.07) is 17.6. The molecule has 2 N–H and O–H groups in total. The number of Topliss-reactive ketones (excluding diaryl/α,β-unsaturated/α-hetero) is 1. The molecule has 0 spiro atoms. The Bertz CT molecular complexity index is 1260. The highest BCUT2D eigenvalue weighted by molar-refractivity contribution is 7.97. The Labute approximate surface area is 184 Å². The van der Waals surface area contributed by atoms with Gasteiger partial charge in [0.15, 0.2) is 4.91 Å². The second-order valence-electron chi connectivity index (χ2n) is 6.87. The lowest BCUT2D eigenvalue weighted by Gasteiger charge is -2.29. The highest BCUT2D eigenvalue weighted by atomic mass is 32.2. The van der Waals surface area contributed by atoms with Gasteiger partial charge in [0, 0.05) is 24.5 Å². The minimum Gasteiger partial charge on any atom is -0.360 e. The fourth-order valence-corrected chi connectivity index (χ4v) is 5.69. The smallest absolute Gasteiger partial charge is 0.270 e. The molecule has 0 saturated carbocycles. The van der Waals surface area contributed by atoms with Gasteiger partial charge >= 0.3 is 0 Å². The number of rotatable bonds is 5. The van der Waals surface area contributed by atoms with Crippen molar-refractivity contribution in [3.8, 4) is 0 Å². The van der Waals surface area contributed by atoms with Crippen LogP contribution in [0.3, 0.4) is 0 Å². The summed E-state index contributed by atoms with van der Waals surface area (Å²) in [7, 11) is -4.06. The fourth-order valence-electron chi connectivity index (χ4n) is 3.21. The van der Waals surface area contributed by atoms with Crippen LogP contribution < -0.4 is 14.9 Å². The van der Waals surface area contributed by atoms with Gasteiger partial charge in [0.25, 0.3) is 10.0 Å². The molecule has 158 valence electrons. The number of fused-ring (bicyclic) bond motifs is 1. The van der Waals surface area contributed by atoms with E-state index in [1.807, 2.05) is 30.3 Å². The normalized spacial score (nSPS) is 16.1. The highest BCUT2D eigenvalue weighted by Crippen LogP contribution is 2.39. The van der Waals surface area contributed by atoms with Gasteiger partial charge in [0.2, 0.25) is 11.7 Å². The van der Waals surface area contributed by atoms with Crippen LogP contribution in [0.2, 0.25) is 0 Å². The van der Waals surface area contributed by atoms with Gasteiger partial charge in [-0.2, -0.15) is 0 Å². The number of carbonyl (C=O) groups excluding carboxylic acids is 2. The van der Waals surface area contributed by atoms with Crippen LogP contribution in [-0.4, -0.2) is 20.1 Å². The van der Waals surface area contributed by atoms with Gasteiger partial charge in [-0.3, -0.25) is 13.9 Å². The molecule has 1 amide bonds. The van der Waals surface area contributed by atoms with E-state index in [4.69, 9.17) is 0 Å². The van der Waals surface area contributed by atoms with E-state index in [0.29, 0.717) is 21.9 Å². The molecule has 1 aliphatic rings. The summed E-state index contributed by atoms with van der Waals surface area (Å²) in [5.74, 6) is -0.719. The van der Waals surface area contributed by atoms with Crippen molar-refractivity contribution in [3.05, 3.63) is 87.6 Å². The van der Waals surface area contributed by atoms with E-state index in [0.717, 1.165) is 5.56 Å². The molecule has 0 atom stereocenters. The number of hydrogen-bond donors (Lipinski definition) is 2. The van der Waals surface area contributed by atoms with E-state index in [1.54, 1.807) is 35.7 Å². The first-order chi connectivity index (χ1) is 14.9. The molecule has 0 bridgehead atoms. The zero-order chi connectivity index (χ0) is 22.0. The molecule has 1 aliphatic heterocycles. The Balaban J connectivity index is 1.66. The van der Waals surface area contributed by atoms with Crippen molar-refractivity contribution in [2.75, 3.05) is 14.9 Å². The molecular weight excluding hydrogens is 434 g/mol. The lowest BCUT2D eigenvalue weighted by Crippen LogP contribution is -2.38. The summed E-state index contributed by atoms with van der Waals surface area (Å²) in [4.78, 5) is 24.1.